The van der Waals surface area contributed by atoms with Crippen LogP contribution in [0, 0.1) is 0 Å². The van der Waals surface area contributed by atoms with Crippen molar-refractivity contribution in [3.8, 4) is 0 Å². The van der Waals surface area contributed by atoms with Crippen molar-refractivity contribution >= 4 is 17.6 Å². The van der Waals surface area contributed by atoms with Crippen LogP contribution in [-0.2, 0) is 9.59 Å². The molecule has 0 aliphatic rings. The summed E-state index contributed by atoms with van der Waals surface area (Å²) >= 11 is 0. The molecule has 0 aliphatic carbocycles. The SMILES string of the molecule is CC(=O)C=C=NC(C)=O. The van der Waals surface area contributed by atoms with Crippen LogP contribution in [0.25, 0.3) is 0 Å². The molecule has 0 rings (SSSR count). The highest BCUT2D eigenvalue weighted by molar-refractivity contribution is 5.97. The van der Waals surface area contributed by atoms with Gasteiger partial charge in [0.05, 0.1) is 0 Å². The third-order valence-electron chi connectivity index (χ3n) is 0.490. The minimum absolute atomic E-state index is 0.167. The zero-order valence-electron chi connectivity index (χ0n) is 5.34. The van der Waals surface area contributed by atoms with Crippen molar-refractivity contribution in [3.63, 3.8) is 0 Å². The van der Waals surface area contributed by atoms with Gasteiger partial charge in [0.1, 0.15) is 0 Å². The highest BCUT2D eigenvalue weighted by atomic mass is 16.1. The van der Waals surface area contributed by atoms with Gasteiger partial charge in [-0.25, -0.2) is 0 Å². The Morgan fingerprint density at radius 3 is 2.33 bits per heavy atom. The van der Waals surface area contributed by atoms with Crippen LogP contribution in [-0.4, -0.2) is 17.6 Å². The van der Waals surface area contributed by atoms with E-state index in [4.69, 9.17) is 0 Å². The van der Waals surface area contributed by atoms with E-state index in [1.807, 2.05) is 0 Å². The summed E-state index contributed by atoms with van der Waals surface area (Å²) < 4.78 is 0. The van der Waals surface area contributed by atoms with E-state index in [1.165, 1.54) is 13.8 Å². The monoisotopic (exact) mass is 125 g/mol. The Bertz CT molecular complexity index is 169. The van der Waals surface area contributed by atoms with Gasteiger partial charge in [0.2, 0.25) is 0 Å². The number of allylic oxidation sites excluding steroid dienone is 1. The number of carbonyl (C=O) groups is 2. The molecule has 9 heavy (non-hydrogen) atoms. The summed E-state index contributed by atoms with van der Waals surface area (Å²) in [4.78, 5) is 23.4. The molecule has 0 bridgehead atoms. The zero-order valence-corrected chi connectivity index (χ0v) is 5.34. The Kier molecular flexibility index (Phi) is 3.25. The van der Waals surface area contributed by atoms with Gasteiger partial charge in [-0.3, -0.25) is 9.59 Å². The van der Waals surface area contributed by atoms with Crippen LogP contribution >= 0.6 is 0 Å². The van der Waals surface area contributed by atoms with Crippen molar-refractivity contribution in [2.45, 2.75) is 13.8 Å². The topological polar surface area (TPSA) is 46.5 Å². The molecule has 0 fully saturated rings. The van der Waals surface area contributed by atoms with Crippen molar-refractivity contribution < 1.29 is 9.59 Å². The number of hydrogen-bond acceptors (Lipinski definition) is 2. The molecule has 3 nitrogen and oxygen atoms in total. The lowest BCUT2D eigenvalue weighted by Crippen LogP contribution is -1.82. The molecule has 0 aliphatic heterocycles. The maximum absolute atomic E-state index is 10.1. The second kappa shape index (κ2) is 3.75. The molecule has 0 atom stereocenters. The Hall–Kier alpha value is -1.21. The Morgan fingerprint density at radius 1 is 1.44 bits per heavy atom. The van der Waals surface area contributed by atoms with E-state index in [9.17, 15) is 9.59 Å². The molecule has 0 saturated heterocycles. The van der Waals surface area contributed by atoms with Gasteiger partial charge < -0.3 is 0 Å². The fraction of sp³-hybridized carbons (Fsp3) is 0.333. The summed E-state index contributed by atoms with van der Waals surface area (Å²) in [6.45, 7) is 2.66. The fourth-order valence-electron chi connectivity index (χ4n) is 0.214. The molecule has 0 heterocycles. The summed E-state index contributed by atoms with van der Waals surface area (Å²) in [6.07, 6.45) is 1.11. The number of aliphatic imine (C=N–C) groups is 1. The molecule has 0 radical (unpaired) electrons. The lowest BCUT2D eigenvalue weighted by Gasteiger charge is -1.70. The largest absolute Gasteiger partial charge is 0.294 e. The fourth-order valence-corrected chi connectivity index (χ4v) is 0.214. The molecule has 0 saturated carbocycles. The summed E-state index contributed by atoms with van der Waals surface area (Å²) in [5.41, 5.74) is 0. The normalized spacial score (nSPS) is 7.33. The summed E-state index contributed by atoms with van der Waals surface area (Å²) in [5, 5.41) is 0. The number of amides is 1. The molecule has 0 aromatic carbocycles. The highest BCUT2D eigenvalue weighted by Crippen LogP contribution is 1.67. The van der Waals surface area contributed by atoms with E-state index >= 15 is 0 Å². The average Bonchev–Trinajstić information content (AvgIpc) is 1.63. The van der Waals surface area contributed by atoms with E-state index in [-0.39, 0.29) is 11.7 Å². The summed E-state index contributed by atoms with van der Waals surface area (Å²) in [5.74, 6) is 1.66. The maximum Gasteiger partial charge on any atom is 0.250 e. The predicted molar refractivity (Wildman–Crippen MR) is 33.4 cm³/mol. The number of rotatable bonds is 1. The van der Waals surface area contributed by atoms with Gasteiger partial charge in [-0.15, -0.1) is 0 Å². The van der Waals surface area contributed by atoms with Gasteiger partial charge in [-0.1, -0.05) is 0 Å². The van der Waals surface area contributed by atoms with Crippen LogP contribution < -0.4 is 0 Å². The molecule has 48 valence electrons. The first-order valence-electron chi connectivity index (χ1n) is 2.43. The smallest absolute Gasteiger partial charge is 0.250 e. The Morgan fingerprint density at radius 2 is 2.00 bits per heavy atom. The Labute approximate surface area is 53.1 Å². The van der Waals surface area contributed by atoms with Crippen molar-refractivity contribution in [2.24, 2.45) is 4.99 Å². The number of ketones is 1. The molecule has 0 aromatic heterocycles. The van der Waals surface area contributed by atoms with Gasteiger partial charge in [-0.2, -0.15) is 4.99 Å². The van der Waals surface area contributed by atoms with Gasteiger partial charge in [0.25, 0.3) is 5.91 Å². The van der Waals surface area contributed by atoms with Gasteiger partial charge in [-0.05, 0) is 12.8 Å². The van der Waals surface area contributed by atoms with Gasteiger partial charge in [0, 0.05) is 13.0 Å². The zero-order chi connectivity index (χ0) is 7.28. The minimum Gasteiger partial charge on any atom is -0.294 e. The summed E-state index contributed by atoms with van der Waals surface area (Å²) in [6, 6.07) is 0. The molecule has 0 spiro atoms. The van der Waals surface area contributed by atoms with Crippen LogP contribution in [0.5, 0.6) is 0 Å². The second-order valence-corrected chi connectivity index (χ2v) is 1.51. The first-order valence-corrected chi connectivity index (χ1v) is 2.43. The van der Waals surface area contributed by atoms with Crippen LogP contribution in [0.15, 0.2) is 11.1 Å². The lowest BCUT2D eigenvalue weighted by atomic mass is 10.4. The van der Waals surface area contributed by atoms with Crippen LogP contribution in [0.1, 0.15) is 13.8 Å². The maximum atomic E-state index is 10.1. The quantitative estimate of drug-likeness (QED) is 0.375. The third kappa shape index (κ3) is 6.79. The highest BCUT2D eigenvalue weighted by Gasteiger charge is 1.79. The van der Waals surface area contributed by atoms with E-state index in [0.29, 0.717) is 0 Å². The Balaban J connectivity index is 3.97. The molecule has 0 N–H and O–H groups in total. The van der Waals surface area contributed by atoms with Gasteiger partial charge in [0.15, 0.2) is 5.78 Å². The second-order valence-electron chi connectivity index (χ2n) is 1.51. The van der Waals surface area contributed by atoms with Crippen LogP contribution in [0.4, 0.5) is 0 Å². The predicted octanol–water partition coefficient (Wildman–Crippen LogP) is 0.348. The van der Waals surface area contributed by atoms with Gasteiger partial charge >= 0.3 is 0 Å². The van der Waals surface area contributed by atoms with Crippen LogP contribution in [0.3, 0.4) is 0 Å². The third-order valence-corrected chi connectivity index (χ3v) is 0.490. The molecule has 0 unspecified atom stereocenters. The number of hydrogen-bond donors (Lipinski definition) is 0. The van der Waals surface area contributed by atoms with E-state index in [1.54, 1.807) is 0 Å². The van der Waals surface area contributed by atoms with Crippen molar-refractivity contribution in [1.82, 2.24) is 0 Å². The van der Waals surface area contributed by atoms with E-state index in [0.717, 1.165) is 6.08 Å². The molecule has 0 aromatic rings. The minimum atomic E-state index is -0.354. The average molecular weight is 125 g/mol. The van der Waals surface area contributed by atoms with Crippen molar-refractivity contribution in [3.05, 3.63) is 6.08 Å². The molecular weight excluding hydrogens is 118 g/mol. The molecule has 1 amide bonds. The first kappa shape index (κ1) is 7.79. The number of nitrogens with zero attached hydrogens (tertiary/aromatic N) is 1. The molecule has 3 heteroatoms. The van der Waals surface area contributed by atoms with Crippen molar-refractivity contribution in [2.75, 3.05) is 0 Å². The van der Waals surface area contributed by atoms with E-state index < -0.39 is 0 Å². The number of carbonyl (C=O) groups excluding carboxylic acids is 2. The first-order chi connectivity index (χ1) is 4.13. The molecular formula is C6H7NO2. The van der Waals surface area contributed by atoms with Crippen molar-refractivity contribution in [1.29, 1.82) is 0 Å². The lowest BCUT2D eigenvalue weighted by molar-refractivity contribution is -0.115. The standard InChI is InChI=1S/C6H7NO2/c1-5(8)3-4-7-6(2)9/h3H,1-2H3. The summed E-state index contributed by atoms with van der Waals surface area (Å²) in [7, 11) is 0. The van der Waals surface area contributed by atoms with Crippen LogP contribution in [0.2, 0.25) is 0 Å². The van der Waals surface area contributed by atoms with E-state index in [2.05, 4.69) is 10.9 Å².